The van der Waals surface area contributed by atoms with E-state index in [-0.39, 0.29) is 0 Å². The highest BCUT2D eigenvalue weighted by Crippen LogP contribution is 2.08. The fourth-order valence-electron chi connectivity index (χ4n) is 0.906. The molecule has 2 heteroatoms. The van der Waals surface area contributed by atoms with Crippen LogP contribution in [0, 0.1) is 0 Å². The Morgan fingerprint density at radius 3 is 3.60 bits per heavy atom. The Morgan fingerprint density at radius 2 is 2.70 bits per heavy atom. The van der Waals surface area contributed by atoms with E-state index < -0.39 is 6.98 Å². The number of aryl methyl sites for hydroxylation is 1. The Hall–Kier alpha value is -1.31. The predicted molar refractivity (Wildman–Crippen MR) is 40.7 cm³/mol. The maximum absolute atomic E-state index is 7.36. The van der Waals surface area contributed by atoms with Gasteiger partial charge in [-0.1, -0.05) is 18.2 Å². The highest BCUT2D eigenvalue weighted by atomic mass is 15.2. The standard InChI is InChI=1S/C8H8N2/c1-10-6-7-4-2-3-5-8(7)9-10/h2-6H,1H3/i1D3,2D. The van der Waals surface area contributed by atoms with E-state index in [1.807, 2.05) is 0 Å². The second kappa shape index (κ2) is 1.84. The predicted octanol–water partition coefficient (Wildman–Crippen LogP) is 1.57. The molecular formula is C8H8N2. The Balaban J connectivity index is 2.63. The zero-order valence-electron chi connectivity index (χ0n) is 9.20. The number of benzene rings is 1. The first-order valence-electron chi connectivity index (χ1n) is 4.93. The van der Waals surface area contributed by atoms with Gasteiger partial charge in [0.2, 0.25) is 0 Å². The molecule has 0 unspecified atom stereocenters. The van der Waals surface area contributed by atoms with E-state index in [0.717, 1.165) is 4.68 Å². The van der Waals surface area contributed by atoms with Gasteiger partial charge in [0.05, 0.1) is 6.89 Å². The summed E-state index contributed by atoms with van der Waals surface area (Å²) in [5.41, 5.74) is 0.595. The van der Waals surface area contributed by atoms with Crippen LogP contribution in [0.25, 0.3) is 10.9 Å². The molecule has 2 rings (SSSR count). The van der Waals surface area contributed by atoms with Crippen LogP contribution in [0.1, 0.15) is 5.48 Å². The van der Waals surface area contributed by atoms with Crippen molar-refractivity contribution < 1.29 is 5.48 Å². The van der Waals surface area contributed by atoms with Crippen LogP contribution in [0.2, 0.25) is 0 Å². The molecule has 0 N–H and O–H groups in total. The molecular weight excluding hydrogens is 124 g/mol. The van der Waals surface area contributed by atoms with Gasteiger partial charge in [0.15, 0.2) is 0 Å². The zero-order chi connectivity index (χ0) is 10.3. The highest BCUT2D eigenvalue weighted by molar-refractivity contribution is 5.77. The maximum atomic E-state index is 7.36. The number of hydrogen-bond donors (Lipinski definition) is 0. The lowest BCUT2D eigenvalue weighted by Gasteiger charge is -1.80. The van der Waals surface area contributed by atoms with Gasteiger partial charge < -0.3 is 0 Å². The van der Waals surface area contributed by atoms with Crippen molar-refractivity contribution in [3.05, 3.63) is 30.4 Å². The Kier molecular flexibility index (Phi) is 0.504. The lowest BCUT2D eigenvalue weighted by atomic mass is 10.3. The van der Waals surface area contributed by atoms with Gasteiger partial charge in [-0.2, -0.15) is 5.10 Å². The van der Waals surface area contributed by atoms with Crippen molar-refractivity contribution in [2.45, 2.75) is 0 Å². The van der Waals surface area contributed by atoms with Crippen LogP contribution >= 0.6 is 0 Å². The molecule has 2 aromatic rings. The summed E-state index contributed by atoms with van der Waals surface area (Å²) in [6.07, 6.45) is 1.43. The topological polar surface area (TPSA) is 17.8 Å². The Bertz CT molecular complexity index is 472. The number of fused-ring (bicyclic) bond motifs is 1. The van der Waals surface area contributed by atoms with E-state index >= 15 is 0 Å². The Morgan fingerprint density at radius 1 is 1.70 bits per heavy atom. The largest absolute Gasteiger partial charge is 0.275 e. The van der Waals surface area contributed by atoms with E-state index in [1.54, 1.807) is 18.2 Å². The second-order valence-electron chi connectivity index (χ2n) is 2.06. The van der Waals surface area contributed by atoms with Crippen molar-refractivity contribution in [1.82, 2.24) is 9.78 Å². The second-order valence-corrected chi connectivity index (χ2v) is 2.06. The van der Waals surface area contributed by atoms with Crippen LogP contribution in [0.3, 0.4) is 0 Å². The van der Waals surface area contributed by atoms with Gasteiger partial charge in [0.1, 0.15) is 0 Å². The molecule has 0 aliphatic heterocycles. The lowest BCUT2D eigenvalue weighted by molar-refractivity contribution is 0.780. The van der Waals surface area contributed by atoms with Crippen molar-refractivity contribution in [1.29, 1.82) is 0 Å². The number of rotatable bonds is 0. The van der Waals surface area contributed by atoms with E-state index in [0.29, 0.717) is 16.9 Å². The van der Waals surface area contributed by atoms with Crippen molar-refractivity contribution in [3.63, 3.8) is 0 Å². The molecule has 0 fully saturated rings. The normalized spacial score (nSPS) is 17.6. The molecule has 2 nitrogen and oxygen atoms in total. The van der Waals surface area contributed by atoms with Gasteiger partial charge >= 0.3 is 0 Å². The lowest BCUT2D eigenvalue weighted by Crippen LogP contribution is -1.84. The molecule has 10 heavy (non-hydrogen) atoms. The summed E-state index contributed by atoms with van der Waals surface area (Å²) >= 11 is 0. The molecule has 0 radical (unpaired) electrons. The van der Waals surface area contributed by atoms with E-state index in [9.17, 15) is 0 Å². The van der Waals surface area contributed by atoms with Crippen molar-refractivity contribution >= 4 is 10.9 Å². The van der Waals surface area contributed by atoms with E-state index in [2.05, 4.69) is 5.10 Å². The molecule has 0 bridgehead atoms. The summed E-state index contributed by atoms with van der Waals surface area (Å²) in [4.78, 5) is 0. The van der Waals surface area contributed by atoms with Crippen LogP contribution in [-0.4, -0.2) is 9.78 Å². The molecule has 50 valence electrons. The summed E-state index contributed by atoms with van der Waals surface area (Å²) in [6, 6.07) is 5.16. The summed E-state index contributed by atoms with van der Waals surface area (Å²) in [6.45, 7) is -2.25. The van der Waals surface area contributed by atoms with E-state index in [1.165, 1.54) is 6.20 Å². The average molecular weight is 136 g/mol. The first kappa shape index (κ1) is 2.74. The fourth-order valence-corrected chi connectivity index (χ4v) is 0.906. The van der Waals surface area contributed by atoms with Crippen LogP contribution in [0.15, 0.2) is 30.4 Å². The third-order valence-electron chi connectivity index (χ3n) is 1.35. The van der Waals surface area contributed by atoms with Crippen molar-refractivity contribution in [2.24, 2.45) is 6.98 Å². The molecule has 0 saturated heterocycles. The van der Waals surface area contributed by atoms with Gasteiger partial charge in [0.25, 0.3) is 0 Å². The summed E-state index contributed by atoms with van der Waals surface area (Å²) in [7, 11) is 0. The summed E-state index contributed by atoms with van der Waals surface area (Å²) < 4.78 is 29.7. The molecule has 1 aromatic heterocycles. The number of nitrogens with zero attached hydrogens (tertiary/aromatic N) is 2. The number of aromatic nitrogens is 2. The third-order valence-corrected chi connectivity index (χ3v) is 1.35. The number of hydrogen-bond acceptors (Lipinski definition) is 1. The smallest absolute Gasteiger partial charge is 0.0923 e. The molecule has 1 aromatic carbocycles. The van der Waals surface area contributed by atoms with Crippen molar-refractivity contribution in [2.75, 3.05) is 0 Å². The molecule has 1 heterocycles. The minimum absolute atomic E-state index is 0.350. The molecule has 0 saturated carbocycles. The average Bonchev–Trinajstić information content (AvgIpc) is 2.45. The fraction of sp³-hybridized carbons (Fsp3) is 0.125. The van der Waals surface area contributed by atoms with Gasteiger partial charge in [-0.3, -0.25) is 4.68 Å². The molecule has 0 aliphatic rings. The zero-order valence-corrected chi connectivity index (χ0v) is 5.20. The highest BCUT2D eigenvalue weighted by Gasteiger charge is 1.92. The molecule has 0 spiro atoms. The monoisotopic (exact) mass is 136 g/mol. The quantitative estimate of drug-likeness (QED) is 0.537. The van der Waals surface area contributed by atoms with E-state index in [4.69, 9.17) is 5.48 Å². The molecule has 0 amide bonds. The van der Waals surface area contributed by atoms with Crippen LogP contribution in [0.5, 0.6) is 0 Å². The van der Waals surface area contributed by atoms with Gasteiger partial charge in [-0.25, -0.2) is 0 Å². The third kappa shape index (κ3) is 0.692. The van der Waals surface area contributed by atoms with Crippen LogP contribution in [0.4, 0.5) is 0 Å². The van der Waals surface area contributed by atoms with Gasteiger partial charge in [0, 0.05) is 22.7 Å². The SMILES string of the molecule is [2H]c1ccc2nn(C([2H])([2H])[2H])cc2c1. The summed E-state index contributed by atoms with van der Waals surface area (Å²) in [5, 5.41) is 4.57. The first-order chi connectivity index (χ1) is 6.47. The maximum Gasteiger partial charge on any atom is 0.0923 e. The van der Waals surface area contributed by atoms with Gasteiger partial charge in [-0.15, -0.1) is 0 Å². The van der Waals surface area contributed by atoms with Crippen LogP contribution in [-0.2, 0) is 6.98 Å². The summed E-state index contributed by atoms with van der Waals surface area (Å²) in [5.74, 6) is 0. The van der Waals surface area contributed by atoms with Gasteiger partial charge in [-0.05, 0) is 6.07 Å². The van der Waals surface area contributed by atoms with Crippen molar-refractivity contribution in [3.8, 4) is 0 Å². The minimum atomic E-state index is -2.25. The Labute approximate surface area is 64.7 Å². The molecule has 0 atom stereocenters. The minimum Gasteiger partial charge on any atom is -0.275 e. The first-order valence-corrected chi connectivity index (χ1v) is 2.93. The molecule has 0 aliphatic carbocycles. The van der Waals surface area contributed by atoms with Crippen LogP contribution < -0.4 is 0 Å².